The molecule has 0 bridgehead atoms. The number of benzene rings is 1. The van der Waals surface area contributed by atoms with E-state index < -0.39 is 0 Å². The van der Waals surface area contributed by atoms with E-state index in [0.29, 0.717) is 5.39 Å². The van der Waals surface area contributed by atoms with Crippen molar-refractivity contribution in [1.29, 1.82) is 0 Å². The Morgan fingerprint density at radius 1 is 1.50 bits per heavy atom. The molecule has 60 valence electrons. The summed E-state index contributed by atoms with van der Waals surface area (Å²) in [6.45, 7) is 0. The molecule has 1 aromatic heterocycles. The van der Waals surface area contributed by atoms with Crippen LogP contribution in [0.15, 0.2) is 28.3 Å². The fourth-order valence-electron chi connectivity index (χ4n) is 1.06. The van der Waals surface area contributed by atoms with Gasteiger partial charge in [-0.25, -0.2) is 0 Å². The number of nitroso groups, excluding NO2 is 1. The van der Waals surface area contributed by atoms with Crippen molar-refractivity contribution in [2.24, 2.45) is 5.18 Å². The summed E-state index contributed by atoms with van der Waals surface area (Å²) < 4.78 is 0. The lowest BCUT2D eigenvalue weighted by Crippen LogP contribution is -1.67. The van der Waals surface area contributed by atoms with E-state index in [1.165, 1.54) is 0 Å². The lowest BCUT2D eigenvalue weighted by molar-refractivity contribution is 1.10. The van der Waals surface area contributed by atoms with E-state index in [2.05, 4.69) is 28.0 Å². The Balaban J connectivity index is 2.83. The Morgan fingerprint density at radius 2 is 2.33 bits per heavy atom. The fourth-order valence-corrected chi connectivity index (χ4v) is 1.26. The molecule has 2 rings (SSSR count). The number of aromatic amines is 1. The molecule has 1 N–H and O–H groups in total. The second-order valence-electron chi connectivity index (χ2n) is 2.37. The maximum atomic E-state index is 10.2. The molecule has 0 saturated heterocycles. The van der Waals surface area contributed by atoms with E-state index in [-0.39, 0.29) is 5.82 Å². The van der Waals surface area contributed by atoms with Gasteiger partial charge in [0, 0.05) is 4.90 Å². The van der Waals surface area contributed by atoms with Crippen LogP contribution in [0.4, 0.5) is 5.82 Å². The first-order valence-corrected chi connectivity index (χ1v) is 3.76. The predicted octanol–water partition coefficient (Wildman–Crippen LogP) is 2.25. The summed E-state index contributed by atoms with van der Waals surface area (Å²) in [5.74, 6) is 0.181. The van der Waals surface area contributed by atoms with Gasteiger partial charge in [0.05, 0.1) is 10.9 Å². The van der Waals surface area contributed by atoms with Crippen LogP contribution in [0.1, 0.15) is 0 Å². The molecular formula is C7H5N3OS. The summed E-state index contributed by atoms with van der Waals surface area (Å²) >= 11 is 4.14. The summed E-state index contributed by atoms with van der Waals surface area (Å²) in [6, 6.07) is 5.37. The average Bonchev–Trinajstić information content (AvgIpc) is 2.46. The van der Waals surface area contributed by atoms with Crippen molar-refractivity contribution in [3.63, 3.8) is 0 Å². The second-order valence-corrected chi connectivity index (χ2v) is 2.88. The van der Waals surface area contributed by atoms with Gasteiger partial charge in [-0.2, -0.15) is 5.10 Å². The summed E-state index contributed by atoms with van der Waals surface area (Å²) in [5, 5.41) is 9.88. The number of nitrogens with zero attached hydrogens (tertiary/aromatic N) is 2. The van der Waals surface area contributed by atoms with Crippen LogP contribution in [-0.2, 0) is 0 Å². The molecule has 1 heterocycles. The number of rotatable bonds is 1. The first-order chi connectivity index (χ1) is 5.81. The highest BCUT2D eigenvalue weighted by Gasteiger charge is 2.04. The zero-order valence-electron chi connectivity index (χ0n) is 5.98. The van der Waals surface area contributed by atoms with Gasteiger partial charge in [-0.15, -0.1) is 17.5 Å². The van der Waals surface area contributed by atoms with Gasteiger partial charge in [0.2, 0.25) is 5.82 Å². The van der Waals surface area contributed by atoms with Gasteiger partial charge in [-0.3, -0.25) is 5.10 Å². The summed E-state index contributed by atoms with van der Waals surface area (Å²) in [4.78, 5) is 11.0. The Morgan fingerprint density at radius 3 is 3.08 bits per heavy atom. The minimum Gasteiger partial charge on any atom is -0.276 e. The minimum atomic E-state index is 0.181. The highest BCUT2D eigenvalue weighted by Crippen LogP contribution is 2.24. The van der Waals surface area contributed by atoms with Crippen LogP contribution in [0.3, 0.4) is 0 Å². The number of H-pyrrole nitrogens is 1. The van der Waals surface area contributed by atoms with Gasteiger partial charge in [0.25, 0.3) is 0 Å². The standard InChI is InChI=1S/C7H5N3OS/c11-10-7-5-3-4(12)1-2-6(5)8-9-7/h1-3,12H,(H,8,9). The molecule has 5 heteroatoms. The van der Waals surface area contributed by atoms with Crippen molar-refractivity contribution in [3.8, 4) is 0 Å². The monoisotopic (exact) mass is 179 g/mol. The molecule has 12 heavy (non-hydrogen) atoms. The van der Waals surface area contributed by atoms with E-state index in [9.17, 15) is 4.91 Å². The Kier molecular flexibility index (Phi) is 1.58. The number of hydrogen-bond acceptors (Lipinski definition) is 4. The van der Waals surface area contributed by atoms with Crippen molar-refractivity contribution in [3.05, 3.63) is 23.1 Å². The molecule has 1 aromatic carbocycles. The van der Waals surface area contributed by atoms with Crippen LogP contribution in [0, 0.1) is 4.91 Å². The van der Waals surface area contributed by atoms with Crippen molar-refractivity contribution in [2.45, 2.75) is 4.90 Å². The van der Waals surface area contributed by atoms with Crippen LogP contribution in [0.5, 0.6) is 0 Å². The first kappa shape index (κ1) is 7.30. The molecule has 2 aromatic rings. The SMILES string of the molecule is O=Nc1n[nH]c2ccc(S)cc12. The summed E-state index contributed by atoms with van der Waals surface area (Å²) in [6.07, 6.45) is 0. The maximum absolute atomic E-state index is 10.2. The predicted molar refractivity (Wildman–Crippen MR) is 48.8 cm³/mol. The molecule has 0 atom stereocenters. The number of nitrogens with one attached hydrogen (secondary N) is 1. The lowest BCUT2D eigenvalue weighted by atomic mass is 10.2. The zero-order valence-corrected chi connectivity index (χ0v) is 6.88. The fraction of sp³-hybridized carbons (Fsp3) is 0. The van der Waals surface area contributed by atoms with Gasteiger partial charge in [-0.1, -0.05) is 0 Å². The molecule has 0 aliphatic rings. The minimum absolute atomic E-state index is 0.181. The van der Waals surface area contributed by atoms with E-state index in [4.69, 9.17) is 0 Å². The molecule has 4 nitrogen and oxygen atoms in total. The zero-order chi connectivity index (χ0) is 8.55. The Hall–Kier alpha value is -1.36. The largest absolute Gasteiger partial charge is 0.276 e. The molecule has 0 spiro atoms. The van der Waals surface area contributed by atoms with Gasteiger partial charge >= 0.3 is 0 Å². The van der Waals surface area contributed by atoms with E-state index in [1.54, 1.807) is 12.1 Å². The van der Waals surface area contributed by atoms with Gasteiger partial charge in [0.15, 0.2) is 0 Å². The van der Waals surface area contributed by atoms with Crippen molar-refractivity contribution in [1.82, 2.24) is 10.2 Å². The Bertz CT molecular complexity index is 437. The maximum Gasteiger partial charge on any atom is 0.225 e. The normalized spacial score (nSPS) is 10.4. The van der Waals surface area contributed by atoms with Crippen LogP contribution in [-0.4, -0.2) is 10.2 Å². The van der Waals surface area contributed by atoms with E-state index in [1.807, 2.05) is 6.07 Å². The van der Waals surface area contributed by atoms with Gasteiger partial charge in [0.1, 0.15) is 0 Å². The van der Waals surface area contributed by atoms with Crippen molar-refractivity contribution < 1.29 is 0 Å². The number of aromatic nitrogens is 2. The topological polar surface area (TPSA) is 58.1 Å². The molecule has 0 aliphatic carbocycles. The second kappa shape index (κ2) is 2.60. The van der Waals surface area contributed by atoms with Crippen LogP contribution in [0.25, 0.3) is 10.9 Å². The highest BCUT2D eigenvalue weighted by atomic mass is 32.1. The highest BCUT2D eigenvalue weighted by molar-refractivity contribution is 7.80. The number of thiol groups is 1. The number of fused-ring (bicyclic) bond motifs is 1. The third-order valence-corrected chi connectivity index (χ3v) is 1.89. The third-order valence-electron chi connectivity index (χ3n) is 1.61. The van der Waals surface area contributed by atoms with Crippen molar-refractivity contribution in [2.75, 3.05) is 0 Å². The molecule has 0 radical (unpaired) electrons. The van der Waals surface area contributed by atoms with E-state index >= 15 is 0 Å². The molecular weight excluding hydrogens is 174 g/mol. The molecule has 0 unspecified atom stereocenters. The van der Waals surface area contributed by atoms with Crippen LogP contribution >= 0.6 is 12.6 Å². The van der Waals surface area contributed by atoms with Crippen molar-refractivity contribution >= 4 is 29.3 Å². The molecule has 0 aliphatic heterocycles. The molecule has 0 saturated carbocycles. The molecule has 0 amide bonds. The smallest absolute Gasteiger partial charge is 0.225 e. The number of hydrogen-bond donors (Lipinski definition) is 2. The van der Waals surface area contributed by atoms with Crippen LogP contribution in [0.2, 0.25) is 0 Å². The quantitative estimate of drug-likeness (QED) is 0.521. The Labute approximate surface area is 73.4 Å². The van der Waals surface area contributed by atoms with Gasteiger partial charge in [-0.05, 0) is 23.4 Å². The van der Waals surface area contributed by atoms with Gasteiger partial charge < -0.3 is 0 Å². The van der Waals surface area contributed by atoms with E-state index in [0.717, 1.165) is 10.4 Å². The third kappa shape index (κ3) is 0.984. The summed E-state index contributed by atoms with van der Waals surface area (Å²) in [5.41, 5.74) is 0.794. The average molecular weight is 179 g/mol. The lowest BCUT2D eigenvalue weighted by Gasteiger charge is -1.89. The first-order valence-electron chi connectivity index (χ1n) is 3.32. The summed E-state index contributed by atoms with van der Waals surface area (Å²) in [7, 11) is 0. The molecule has 0 fully saturated rings. The van der Waals surface area contributed by atoms with Crippen LogP contribution < -0.4 is 0 Å².